The summed E-state index contributed by atoms with van der Waals surface area (Å²) in [7, 11) is 1.61. The van der Waals surface area contributed by atoms with Gasteiger partial charge in [-0.25, -0.2) is 0 Å². The minimum Gasteiger partial charge on any atom is -0.497 e. The highest BCUT2D eigenvalue weighted by molar-refractivity contribution is 5.97. The number of anilines is 2. The van der Waals surface area contributed by atoms with E-state index in [1.807, 2.05) is 29.2 Å². The van der Waals surface area contributed by atoms with Crippen LogP contribution in [0, 0.1) is 11.3 Å². The first kappa shape index (κ1) is 18.2. The molecule has 1 N–H and O–H groups in total. The smallest absolute Gasteiger partial charge is 0.247 e. The molecule has 1 fully saturated rings. The molecule has 0 spiro atoms. The fraction of sp³-hybridized carbons (Fsp3) is 0.429. The number of hydrogen-bond donors (Lipinski definition) is 1. The summed E-state index contributed by atoms with van der Waals surface area (Å²) in [6.07, 6.45) is 5.49. The highest BCUT2D eigenvalue weighted by atomic mass is 16.5. The number of nitrogens with zero attached hydrogens (tertiary/aromatic N) is 4. The lowest BCUT2D eigenvalue weighted by Gasteiger charge is -2.27. The number of methoxy groups -OCH3 is 1. The Morgan fingerprint density at radius 1 is 1.21 bits per heavy atom. The number of hydrogen-bond acceptors (Lipinski definition) is 6. The molecule has 1 aromatic heterocycles. The lowest BCUT2D eigenvalue weighted by atomic mass is 9.93. The highest BCUT2D eigenvalue weighted by Crippen LogP contribution is 2.32. The van der Waals surface area contributed by atoms with Gasteiger partial charge in [-0.1, -0.05) is 0 Å². The van der Waals surface area contributed by atoms with Crippen LogP contribution < -0.4 is 15.0 Å². The van der Waals surface area contributed by atoms with Crippen LogP contribution in [0.15, 0.2) is 24.3 Å². The largest absolute Gasteiger partial charge is 0.497 e. The number of carbonyl (C=O) groups is 1. The van der Waals surface area contributed by atoms with Crippen molar-refractivity contribution in [3.8, 4) is 11.8 Å². The third kappa shape index (κ3) is 3.38. The van der Waals surface area contributed by atoms with Gasteiger partial charge in [0.1, 0.15) is 23.4 Å². The van der Waals surface area contributed by atoms with Crippen LogP contribution in [0.4, 0.5) is 11.5 Å². The lowest BCUT2D eigenvalue weighted by Crippen LogP contribution is -2.41. The monoisotopic (exact) mass is 377 g/mol. The zero-order valence-electron chi connectivity index (χ0n) is 15.9. The second kappa shape index (κ2) is 7.85. The molecule has 7 heteroatoms. The predicted octanol–water partition coefficient (Wildman–Crippen LogP) is 2.84. The Kier molecular flexibility index (Phi) is 5.11. The number of amides is 1. The Hall–Kier alpha value is -3.14. The molecule has 0 bridgehead atoms. The van der Waals surface area contributed by atoms with Crippen molar-refractivity contribution in [1.29, 1.82) is 5.26 Å². The quantitative estimate of drug-likeness (QED) is 0.881. The van der Waals surface area contributed by atoms with Crippen molar-refractivity contribution in [1.82, 2.24) is 10.2 Å². The molecule has 0 radical (unpaired) electrons. The molecular weight excluding hydrogens is 354 g/mol. The van der Waals surface area contributed by atoms with E-state index >= 15 is 0 Å². The molecule has 1 amide bonds. The second-order valence-corrected chi connectivity index (χ2v) is 7.21. The van der Waals surface area contributed by atoms with Crippen molar-refractivity contribution in [3.05, 3.63) is 41.1 Å². The van der Waals surface area contributed by atoms with Gasteiger partial charge in [0.2, 0.25) is 5.91 Å². The number of aromatic nitrogens is 2. The summed E-state index contributed by atoms with van der Waals surface area (Å²) in [5, 5.41) is 21.5. The van der Waals surface area contributed by atoms with Crippen LogP contribution in [0.5, 0.6) is 5.75 Å². The van der Waals surface area contributed by atoms with E-state index in [4.69, 9.17) is 4.74 Å². The van der Waals surface area contributed by atoms with Crippen LogP contribution >= 0.6 is 0 Å². The van der Waals surface area contributed by atoms with Crippen molar-refractivity contribution >= 4 is 17.4 Å². The number of aryl methyl sites for hydroxylation is 1. The molecule has 2 aliphatic rings. The Morgan fingerprint density at radius 3 is 2.75 bits per heavy atom. The summed E-state index contributed by atoms with van der Waals surface area (Å²) < 4.78 is 5.15. The molecule has 1 aromatic carbocycles. The van der Waals surface area contributed by atoms with Crippen molar-refractivity contribution < 1.29 is 9.53 Å². The molecule has 2 heterocycles. The third-order valence-electron chi connectivity index (χ3n) is 5.53. The zero-order chi connectivity index (χ0) is 19.5. The van der Waals surface area contributed by atoms with E-state index in [-0.39, 0.29) is 11.9 Å². The van der Waals surface area contributed by atoms with E-state index in [9.17, 15) is 10.1 Å². The summed E-state index contributed by atoms with van der Waals surface area (Å²) in [5.41, 5.74) is 3.26. The van der Waals surface area contributed by atoms with E-state index in [0.717, 1.165) is 61.2 Å². The summed E-state index contributed by atoms with van der Waals surface area (Å²) in [6.45, 7) is 0.697. The van der Waals surface area contributed by atoms with Crippen molar-refractivity contribution in [2.75, 3.05) is 23.9 Å². The van der Waals surface area contributed by atoms with E-state index in [0.29, 0.717) is 17.9 Å². The lowest BCUT2D eigenvalue weighted by molar-refractivity contribution is -0.117. The van der Waals surface area contributed by atoms with Crippen LogP contribution in [-0.4, -0.2) is 35.8 Å². The van der Waals surface area contributed by atoms with Crippen LogP contribution in [0.2, 0.25) is 0 Å². The standard InChI is InChI=1S/C21H23N5O2/c1-28-15-10-8-14(9-11-15)23-21(27)19-7-4-12-26(19)20-17(13-22)16-5-2-3-6-18(16)24-25-20/h8-11,19H,2-7,12H2,1H3,(H,23,27). The number of carbonyl (C=O) groups excluding carboxylic acids is 1. The molecule has 144 valence electrons. The Labute approximate surface area is 164 Å². The fourth-order valence-electron chi connectivity index (χ4n) is 4.07. The van der Waals surface area contributed by atoms with Crippen molar-refractivity contribution in [2.45, 2.75) is 44.6 Å². The first-order chi connectivity index (χ1) is 13.7. The summed E-state index contributed by atoms with van der Waals surface area (Å²) in [6, 6.07) is 9.23. The number of fused-ring (bicyclic) bond motifs is 1. The molecule has 7 nitrogen and oxygen atoms in total. The van der Waals surface area contributed by atoms with Crippen LogP contribution in [0.3, 0.4) is 0 Å². The van der Waals surface area contributed by atoms with E-state index in [1.54, 1.807) is 7.11 Å². The highest BCUT2D eigenvalue weighted by Gasteiger charge is 2.34. The predicted molar refractivity (Wildman–Crippen MR) is 105 cm³/mol. The van der Waals surface area contributed by atoms with Gasteiger partial charge in [-0.05, 0) is 68.4 Å². The average molecular weight is 377 g/mol. The molecule has 1 aliphatic carbocycles. The maximum Gasteiger partial charge on any atom is 0.247 e. The number of nitrogens with one attached hydrogen (secondary N) is 1. The Balaban J connectivity index is 1.58. The molecule has 4 rings (SSSR count). The minimum atomic E-state index is -0.356. The fourth-order valence-corrected chi connectivity index (χ4v) is 4.07. The van der Waals surface area contributed by atoms with Crippen molar-refractivity contribution in [3.63, 3.8) is 0 Å². The minimum absolute atomic E-state index is 0.0916. The Morgan fingerprint density at radius 2 is 2.00 bits per heavy atom. The normalized spacial score (nSPS) is 18.3. The summed E-state index contributed by atoms with van der Waals surface area (Å²) in [5.74, 6) is 1.20. The summed E-state index contributed by atoms with van der Waals surface area (Å²) in [4.78, 5) is 14.9. The van der Waals surface area contributed by atoms with Gasteiger partial charge in [-0.15, -0.1) is 5.10 Å². The van der Waals surface area contributed by atoms with Gasteiger partial charge in [-0.2, -0.15) is 10.4 Å². The number of rotatable bonds is 4. The molecule has 1 unspecified atom stereocenters. The first-order valence-electron chi connectivity index (χ1n) is 9.71. The maximum atomic E-state index is 12.9. The molecule has 28 heavy (non-hydrogen) atoms. The Bertz CT molecular complexity index is 920. The van der Waals surface area contributed by atoms with E-state index in [1.165, 1.54) is 0 Å². The second-order valence-electron chi connectivity index (χ2n) is 7.21. The van der Waals surface area contributed by atoms with Gasteiger partial charge in [0.15, 0.2) is 5.82 Å². The first-order valence-corrected chi connectivity index (χ1v) is 9.71. The van der Waals surface area contributed by atoms with E-state index < -0.39 is 0 Å². The van der Waals surface area contributed by atoms with Gasteiger partial charge < -0.3 is 15.0 Å². The molecular formula is C21H23N5O2. The zero-order valence-corrected chi connectivity index (χ0v) is 15.9. The SMILES string of the molecule is COc1ccc(NC(=O)C2CCCN2c2nnc3c(c2C#N)CCCC3)cc1. The summed E-state index contributed by atoms with van der Waals surface area (Å²) >= 11 is 0. The van der Waals surface area contributed by atoms with Crippen LogP contribution in [0.25, 0.3) is 0 Å². The maximum absolute atomic E-state index is 12.9. The number of ether oxygens (including phenoxy) is 1. The number of nitriles is 1. The van der Waals surface area contributed by atoms with Crippen LogP contribution in [0.1, 0.15) is 42.5 Å². The average Bonchev–Trinajstić information content (AvgIpc) is 3.23. The molecule has 1 saturated heterocycles. The van der Waals surface area contributed by atoms with Gasteiger partial charge in [0.05, 0.1) is 12.8 Å². The molecule has 1 aliphatic heterocycles. The van der Waals surface area contributed by atoms with Gasteiger partial charge in [-0.3, -0.25) is 4.79 Å². The molecule has 1 atom stereocenters. The van der Waals surface area contributed by atoms with E-state index in [2.05, 4.69) is 21.6 Å². The van der Waals surface area contributed by atoms with Crippen LogP contribution in [-0.2, 0) is 17.6 Å². The molecule has 0 saturated carbocycles. The third-order valence-corrected chi connectivity index (χ3v) is 5.53. The molecule has 2 aromatic rings. The van der Waals surface area contributed by atoms with Crippen molar-refractivity contribution in [2.24, 2.45) is 0 Å². The van der Waals surface area contributed by atoms with Gasteiger partial charge in [0, 0.05) is 12.2 Å². The van der Waals surface area contributed by atoms with Gasteiger partial charge >= 0.3 is 0 Å². The van der Waals surface area contributed by atoms with Gasteiger partial charge in [0.25, 0.3) is 0 Å². The topological polar surface area (TPSA) is 91.1 Å². The number of benzene rings is 1.